The van der Waals surface area contributed by atoms with Gasteiger partial charge in [0.2, 0.25) is 0 Å². The quantitative estimate of drug-likeness (QED) is 0.176. The van der Waals surface area contributed by atoms with Crippen molar-refractivity contribution in [2.45, 2.75) is 0 Å². The Kier molecular flexibility index (Phi) is 6.18. The number of nitrogens with zero attached hydrogens (tertiary/aromatic N) is 5. The number of fused-ring (bicyclic) bond motifs is 9. The summed E-state index contributed by atoms with van der Waals surface area (Å²) in [6, 6.07) is 52.1. The molecule has 0 atom stereocenters. The van der Waals surface area contributed by atoms with Gasteiger partial charge in [0.05, 0.1) is 39.5 Å². The number of benzene rings is 6. The highest BCUT2D eigenvalue weighted by Crippen LogP contribution is 2.46. The predicted molar refractivity (Wildman–Crippen MR) is 214 cm³/mol. The van der Waals surface area contributed by atoms with Crippen molar-refractivity contribution in [3.05, 3.63) is 177 Å². The molecule has 0 spiro atoms. The summed E-state index contributed by atoms with van der Waals surface area (Å²) in [4.78, 5) is 14.4. The Morgan fingerprint density at radius 1 is 0.346 bits per heavy atom. The van der Waals surface area contributed by atoms with E-state index < -0.39 is 0 Å². The van der Waals surface area contributed by atoms with Crippen molar-refractivity contribution < 1.29 is 0 Å². The number of aromatic nitrogens is 5. The van der Waals surface area contributed by atoms with E-state index in [0.717, 1.165) is 66.3 Å². The third-order valence-corrected chi connectivity index (χ3v) is 10.5. The van der Waals surface area contributed by atoms with E-state index in [1.54, 1.807) is 0 Å². The van der Waals surface area contributed by atoms with E-state index in [1.165, 1.54) is 32.6 Å². The van der Waals surface area contributed by atoms with Gasteiger partial charge in [-0.05, 0) is 77.2 Å². The Hall–Kier alpha value is -7.11. The van der Waals surface area contributed by atoms with Crippen molar-refractivity contribution in [2.24, 2.45) is 0 Å². The molecule has 5 heterocycles. The third-order valence-electron chi connectivity index (χ3n) is 10.5. The fraction of sp³-hybridized carbons (Fsp3) is 0. The Balaban J connectivity index is 1.29. The molecular weight excluding hydrogens is 635 g/mol. The Morgan fingerprint density at radius 2 is 0.885 bits per heavy atom. The van der Waals surface area contributed by atoms with Crippen molar-refractivity contribution in [3.63, 3.8) is 0 Å². The van der Waals surface area contributed by atoms with E-state index in [9.17, 15) is 0 Å². The van der Waals surface area contributed by atoms with Crippen molar-refractivity contribution in [2.75, 3.05) is 0 Å². The first-order valence-corrected chi connectivity index (χ1v) is 17.5. The predicted octanol–water partition coefficient (Wildman–Crippen LogP) is 11.7. The fourth-order valence-electron chi connectivity index (χ4n) is 8.37. The van der Waals surface area contributed by atoms with Crippen LogP contribution in [0.2, 0.25) is 0 Å². The number of hydrogen-bond donors (Lipinski definition) is 0. The number of rotatable bonds is 4. The summed E-state index contributed by atoms with van der Waals surface area (Å²) in [7, 11) is 0. The van der Waals surface area contributed by atoms with Crippen LogP contribution in [0.1, 0.15) is 0 Å². The Bertz CT molecular complexity index is 2850. The van der Waals surface area contributed by atoms with Crippen LogP contribution in [-0.4, -0.2) is 24.1 Å². The molecule has 11 rings (SSSR count). The monoisotopic (exact) mass is 663 g/mol. The van der Waals surface area contributed by atoms with E-state index in [4.69, 9.17) is 4.98 Å². The molecule has 52 heavy (non-hydrogen) atoms. The first kappa shape index (κ1) is 28.7. The lowest BCUT2D eigenvalue weighted by Crippen LogP contribution is -1.99. The topological polar surface area (TPSA) is 48.5 Å². The molecule has 0 unspecified atom stereocenters. The average Bonchev–Trinajstić information content (AvgIpc) is 3.74. The minimum absolute atomic E-state index is 0.949. The van der Waals surface area contributed by atoms with E-state index >= 15 is 0 Å². The number of para-hydroxylation sites is 4. The molecule has 0 saturated heterocycles. The van der Waals surface area contributed by atoms with Crippen LogP contribution in [0, 0.1) is 0 Å². The first-order valence-electron chi connectivity index (χ1n) is 17.5. The van der Waals surface area contributed by atoms with Crippen LogP contribution in [0.4, 0.5) is 0 Å². The summed E-state index contributed by atoms with van der Waals surface area (Å²) in [5, 5.41) is 8.19. The summed E-state index contributed by atoms with van der Waals surface area (Å²) >= 11 is 0. The molecule has 0 aliphatic carbocycles. The molecule has 11 aromatic rings. The maximum Gasteiger partial charge on any atom is 0.0788 e. The van der Waals surface area contributed by atoms with Crippen LogP contribution in [0.3, 0.4) is 0 Å². The van der Waals surface area contributed by atoms with Crippen molar-refractivity contribution in [1.82, 2.24) is 24.1 Å². The van der Waals surface area contributed by atoms with Gasteiger partial charge in [-0.15, -0.1) is 0 Å². The van der Waals surface area contributed by atoms with Gasteiger partial charge in [-0.25, -0.2) is 0 Å². The van der Waals surface area contributed by atoms with Crippen molar-refractivity contribution in [3.8, 4) is 33.6 Å². The lowest BCUT2D eigenvalue weighted by molar-refractivity contribution is 1.16. The van der Waals surface area contributed by atoms with Crippen LogP contribution in [0.15, 0.2) is 177 Å². The smallest absolute Gasteiger partial charge is 0.0788 e. The van der Waals surface area contributed by atoms with Crippen LogP contribution in [-0.2, 0) is 0 Å². The molecule has 0 radical (unpaired) electrons. The van der Waals surface area contributed by atoms with E-state index in [0.29, 0.717) is 0 Å². The van der Waals surface area contributed by atoms with E-state index in [2.05, 4.69) is 159 Å². The van der Waals surface area contributed by atoms with Crippen molar-refractivity contribution >= 4 is 65.3 Å². The second kappa shape index (κ2) is 11.2. The van der Waals surface area contributed by atoms with Gasteiger partial charge in [0, 0.05) is 73.9 Å². The molecular formula is C47H29N5. The summed E-state index contributed by atoms with van der Waals surface area (Å²) < 4.78 is 4.72. The van der Waals surface area contributed by atoms with Gasteiger partial charge in [-0.3, -0.25) is 15.0 Å². The van der Waals surface area contributed by atoms with Gasteiger partial charge < -0.3 is 9.13 Å². The first-order chi connectivity index (χ1) is 25.8. The second-order valence-electron chi connectivity index (χ2n) is 13.3. The fourth-order valence-corrected chi connectivity index (χ4v) is 8.37. The molecule has 5 aromatic heterocycles. The highest BCUT2D eigenvalue weighted by Gasteiger charge is 2.22. The summed E-state index contributed by atoms with van der Waals surface area (Å²) in [6.45, 7) is 0. The maximum absolute atomic E-state index is 5.33. The number of pyridine rings is 3. The minimum Gasteiger partial charge on any atom is -0.309 e. The Labute approximate surface area is 298 Å². The summed E-state index contributed by atoms with van der Waals surface area (Å²) in [5.41, 5.74) is 12.1. The van der Waals surface area contributed by atoms with Gasteiger partial charge in [-0.2, -0.15) is 0 Å². The van der Waals surface area contributed by atoms with Crippen LogP contribution in [0.25, 0.3) is 98.9 Å². The van der Waals surface area contributed by atoms with E-state index in [1.807, 2.05) is 37.1 Å². The molecule has 0 bridgehead atoms. The highest BCUT2D eigenvalue weighted by atomic mass is 15.0. The minimum atomic E-state index is 0.949. The number of hydrogen-bond acceptors (Lipinski definition) is 3. The molecule has 0 fully saturated rings. The summed E-state index contributed by atoms with van der Waals surface area (Å²) in [5.74, 6) is 0. The average molecular weight is 664 g/mol. The molecule has 0 N–H and O–H groups in total. The SMILES string of the molecule is c1cncc(-c2c(-c3ccncc3)c3cc(-n4c5ccccc5c5ccccc54)ccc3c3ncc(-n4c5ccccc5c5ccccc54)cc23)c1. The van der Waals surface area contributed by atoms with Gasteiger partial charge in [0.1, 0.15) is 0 Å². The van der Waals surface area contributed by atoms with Gasteiger partial charge in [0.25, 0.3) is 0 Å². The lowest BCUT2D eigenvalue weighted by Gasteiger charge is -2.20. The third kappa shape index (κ3) is 4.14. The molecule has 5 heteroatoms. The molecule has 5 nitrogen and oxygen atoms in total. The van der Waals surface area contributed by atoms with Crippen LogP contribution < -0.4 is 0 Å². The zero-order valence-corrected chi connectivity index (χ0v) is 28.0. The molecule has 0 aliphatic rings. The molecule has 0 amide bonds. The molecule has 0 saturated carbocycles. The van der Waals surface area contributed by atoms with Crippen molar-refractivity contribution in [1.29, 1.82) is 0 Å². The maximum atomic E-state index is 5.33. The summed E-state index contributed by atoms with van der Waals surface area (Å²) in [6.07, 6.45) is 9.58. The largest absolute Gasteiger partial charge is 0.309 e. The molecule has 0 aliphatic heterocycles. The normalized spacial score (nSPS) is 11.8. The van der Waals surface area contributed by atoms with Gasteiger partial charge in [-0.1, -0.05) is 84.9 Å². The van der Waals surface area contributed by atoms with Crippen LogP contribution in [0.5, 0.6) is 0 Å². The zero-order valence-electron chi connectivity index (χ0n) is 28.0. The molecule has 242 valence electrons. The van der Waals surface area contributed by atoms with Gasteiger partial charge in [0.15, 0.2) is 0 Å². The standard InChI is InChI=1S/C47H29N5/c1-5-15-41-34(11-1)35-12-2-6-16-42(35)51(41)32-19-20-38-39(26-32)45(30-21-24-48-25-22-30)46(31-10-9-23-49-28-31)40-27-33(29-50-47(38)40)52-43-17-7-3-13-36(43)37-14-4-8-18-44(37)52/h1-29H. The molecule has 6 aromatic carbocycles. The van der Waals surface area contributed by atoms with Crippen LogP contribution >= 0.6 is 0 Å². The zero-order chi connectivity index (χ0) is 34.2. The van der Waals surface area contributed by atoms with Gasteiger partial charge >= 0.3 is 0 Å². The van der Waals surface area contributed by atoms with E-state index in [-0.39, 0.29) is 0 Å². The lowest BCUT2D eigenvalue weighted by atomic mass is 9.87. The second-order valence-corrected chi connectivity index (χ2v) is 13.3. The Morgan fingerprint density at radius 3 is 1.46 bits per heavy atom. The highest BCUT2D eigenvalue weighted by molar-refractivity contribution is 6.21.